The number of nitrogens with one attached hydrogen (secondary N) is 2. The van der Waals surface area contributed by atoms with Crippen LogP contribution >= 0.6 is 0 Å². The lowest BCUT2D eigenvalue weighted by Gasteiger charge is -2.10. The highest BCUT2D eigenvalue weighted by molar-refractivity contribution is 5.89. The lowest BCUT2D eigenvalue weighted by atomic mass is 10.1. The quantitative estimate of drug-likeness (QED) is 0.790. The van der Waals surface area contributed by atoms with Crippen LogP contribution in [0.1, 0.15) is 24.2 Å². The molecule has 0 saturated heterocycles. The average Bonchev–Trinajstić information content (AvgIpc) is 2.48. The third kappa shape index (κ3) is 4.89. The van der Waals surface area contributed by atoms with Crippen molar-refractivity contribution >= 4 is 11.7 Å². The first kappa shape index (κ1) is 15.0. The van der Waals surface area contributed by atoms with E-state index in [0.717, 1.165) is 17.5 Å². The Balaban J connectivity index is 1.80. The van der Waals surface area contributed by atoms with Gasteiger partial charge in [0.15, 0.2) is 0 Å². The number of amides is 2. The number of rotatable bonds is 5. The summed E-state index contributed by atoms with van der Waals surface area (Å²) < 4.78 is 0. The Morgan fingerprint density at radius 3 is 2.90 bits per heavy atom. The molecule has 1 heterocycles. The fourth-order valence-electron chi connectivity index (χ4n) is 1.92. The van der Waals surface area contributed by atoms with Crippen LogP contribution in [0.3, 0.4) is 0 Å². The van der Waals surface area contributed by atoms with Crippen LogP contribution < -0.4 is 10.6 Å². The first-order valence-electron chi connectivity index (χ1n) is 6.87. The third-order valence-electron chi connectivity index (χ3n) is 3.05. The number of carbonyl (C=O) groups excluding carboxylic acids is 1. The van der Waals surface area contributed by atoms with E-state index in [0.29, 0.717) is 12.2 Å². The number of pyridine rings is 1. The largest absolute Gasteiger partial charge is 0.389 e. The number of aliphatic hydroxyl groups is 1. The van der Waals surface area contributed by atoms with Gasteiger partial charge in [0.05, 0.1) is 6.10 Å². The van der Waals surface area contributed by atoms with E-state index in [-0.39, 0.29) is 6.03 Å². The first-order chi connectivity index (χ1) is 10.1. The van der Waals surface area contributed by atoms with Crippen molar-refractivity contribution in [1.29, 1.82) is 0 Å². The van der Waals surface area contributed by atoms with Gasteiger partial charge in [-0.25, -0.2) is 4.79 Å². The molecule has 1 aromatic carbocycles. The number of anilines is 1. The number of nitrogens with zero attached hydrogens (tertiary/aromatic N) is 1. The molecule has 0 bridgehead atoms. The molecule has 0 fully saturated rings. The molecule has 0 saturated carbocycles. The van der Waals surface area contributed by atoms with Gasteiger partial charge in [-0.1, -0.05) is 18.2 Å². The molecule has 2 rings (SSSR count). The summed E-state index contributed by atoms with van der Waals surface area (Å²) >= 11 is 0. The van der Waals surface area contributed by atoms with Gasteiger partial charge < -0.3 is 15.7 Å². The van der Waals surface area contributed by atoms with Crippen LogP contribution in [0.15, 0.2) is 48.8 Å². The molecule has 2 amide bonds. The van der Waals surface area contributed by atoms with Crippen molar-refractivity contribution in [2.45, 2.75) is 19.4 Å². The van der Waals surface area contributed by atoms with Gasteiger partial charge in [-0.2, -0.15) is 0 Å². The summed E-state index contributed by atoms with van der Waals surface area (Å²) in [7, 11) is 0. The summed E-state index contributed by atoms with van der Waals surface area (Å²) in [6, 6.07) is 10.7. The fraction of sp³-hybridized carbons (Fsp3) is 0.250. The molecule has 3 N–H and O–H groups in total. The molecule has 2 aromatic rings. The van der Waals surface area contributed by atoms with Gasteiger partial charge in [-0.15, -0.1) is 0 Å². The maximum atomic E-state index is 11.8. The Morgan fingerprint density at radius 2 is 2.19 bits per heavy atom. The van der Waals surface area contributed by atoms with Crippen molar-refractivity contribution in [2.24, 2.45) is 0 Å². The average molecular weight is 285 g/mol. The molecule has 0 spiro atoms. The second kappa shape index (κ2) is 7.40. The van der Waals surface area contributed by atoms with Crippen LogP contribution in [-0.4, -0.2) is 22.7 Å². The van der Waals surface area contributed by atoms with Crippen LogP contribution in [0.2, 0.25) is 0 Å². The lowest BCUT2D eigenvalue weighted by Crippen LogP contribution is -2.30. The Hall–Kier alpha value is -2.40. The second-order valence-corrected chi connectivity index (χ2v) is 4.79. The molecular formula is C16H19N3O2. The van der Waals surface area contributed by atoms with Crippen molar-refractivity contribution in [3.05, 3.63) is 59.9 Å². The van der Waals surface area contributed by atoms with Crippen molar-refractivity contribution in [3.8, 4) is 0 Å². The molecule has 110 valence electrons. The van der Waals surface area contributed by atoms with E-state index in [1.165, 1.54) is 0 Å². The van der Waals surface area contributed by atoms with Crippen LogP contribution in [0.5, 0.6) is 0 Å². The molecule has 5 heteroatoms. The number of carbonyl (C=O) groups is 1. The highest BCUT2D eigenvalue weighted by Crippen LogP contribution is 2.16. The molecule has 0 aliphatic heterocycles. The summed E-state index contributed by atoms with van der Waals surface area (Å²) in [4.78, 5) is 15.8. The summed E-state index contributed by atoms with van der Waals surface area (Å²) in [5.41, 5.74) is 2.50. The number of aromatic nitrogens is 1. The zero-order valence-corrected chi connectivity index (χ0v) is 11.9. The number of hydrogen-bond acceptors (Lipinski definition) is 3. The molecule has 1 aromatic heterocycles. The SMILES string of the molecule is CC(O)c1cccc(NC(=O)NCCc2cccnc2)c1. The first-order valence-corrected chi connectivity index (χ1v) is 6.87. The van der Waals surface area contributed by atoms with E-state index in [9.17, 15) is 9.90 Å². The normalized spacial score (nSPS) is 11.7. The summed E-state index contributed by atoms with van der Waals surface area (Å²) in [5, 5.41) is 15.1. The monoisotopic (exact) mass is 285 g/mol. The van der Waals surface area contributed by atoms with Crippen molar-refractivity contribution in [3.63, 3.8) is 0 Å². The Morgan fingerprint density at radius 1 is 1.33 bits per heavy atom. The molecule has 0 aliphatic rings. The summed E-state index contributed by atoms with van der Waals surface area (Å²) in [6.45, 7) is 2.22. The molecule has 5 nitrogen and oxygen atoms in total. The van der Waals surface area contributed by atoms with Gasteiger partial charge in [0.2, 0.25) is 0 Å². The molecule has 21 heavy (non-hydrogen) atoms. The van der Waals surface area contributed by atoms with E-state index < -0.39 is 6.10 Å². The van der Waals surface area contributed by atoms with Gasteiger partial charge in [0.1, 0.15) is 0 Å². The van der Waals surface area contributed by atoms with E-state index >= 15 is 0 Å². The Labute approximate surface area is 124 Å². The van der Waals surface area contributed by atoms with Crippen molar-refractivity contribution in [2.75, 3.05) is 11.9 Å². The van der Waals surface area contributed by atoms with Gasteiger partial charge >= 0.3 is 6.03 Å². The van der Waals surface area contributed by atoms with Crippen LogP contribution in [0.4, 0.5) is 10.5 Å². The minimum Gasteiger partial charge on any atom is -0.389 e. The predicted molar refractivity (Wildman–Crippen MR) is 82.0 cm³/mol. The molecule has 0 aliphatic carbocycles. The minimum atomic E-state index is -0.555. The van der Waals surface area contributed by atoms with Gasteiger partial charge in [-0.3, -0.25) is 4.98 Å². The van der Waals surface area contributed by atoms with E-state index in [1.54, 1.807) is 37.5 Å². The topological polar surface area (TPSA) is 74.2 Å². The highest BCUT2D eigenvalue weighted by atomic mass is 16.3. The highest BCUT2D eigenvalue weighted by Gasteiger charge is 2.04. The molecular weight excluding hydrogens is 266 g/mol. The smallest absolute Gasteiger partial charge is 0.319 e. The van der Waals surface area contributed by atoms with E-state index in [1.807, 2.05) is 18.2 Å². The molecule has 1 unspecified atom stereocenters. The van der Waals surface area contributed by atoms with Gasteiger partial charge in [0, 0.05) is 24.6 Å². The number of urea groups is 1. The second-order valence-electron chi connectivity index (χ2n) is 4.79. The third-order valence-corrected chi connectivity index (χ3v) is 3.05. The van der Waals surface area contributed by atoms with Crippen LogP contribution in [0, 0.1) is 0 Å². The zero-order valence-electron chi connectivity index (χ0n) is 11.9. The minimum absolute atomic E-state index is 0.262. The maximum absolute atomic E-state index is 11.8. The Kier molecular flexibility index (Phi) is 5.29. The standard InChI is InChI=1S/C16H19N3O2/c1-12(20)14-5-2-6-15(10-14)19-16(21)18-9-7-13-4-3-8-17-11-13/h2-6,8,10-12,20H,7,9H2,1H3,(H2,18,19,21). The van der Waals surface area contributed by atoms with E-state index in [2.05, 4.69) is 15.6 Å². The van der Waals surface area contributed by atoms with Gasteiger partial charge in [0.25, 0.3) is 0 Å². The summed E-state index contributed by atoms with van der Waals surface area (Å²) in [6.07, 6.45) is 3.68. The molecule has 1 atom stereocenters. The number of aliphatic hydroxyl groups excluding tert-OH is 1. The van der Waals surface area contributed by atoms with Crippen LogP contribution in [-0.2, 0) is 6.42 Å². The van der Waals surface area contributed by atoms with E-state index in [4.69, 9.17) is 0 Å². The summed E-state index contributed by atoms with van der Waals surface area (Å²) in [5.74, 6) is 0. The van der Waals surface area contributed by atoms with Crippen molar-refractivity contribution < 1.29 is 9.90 Å². The zero-order chi connectivity index (χ0) is 15.1. The number of hydrogen-bond donors (Lipinski definition) is 3. The maximum Gasteiger partial charge on any atom is 0.319 e. The fourth-order valence-corrected chi connectivity index (χ4v) is 1.92. The lowest BCUT2D eigenvalue weighted by molar-refractivity contribution is 0.199. The number of benzene rings is 1. The predicted octanol–water partition coefficient (Wildman–Crippen LogP) is 2.50. The Bertz CT molecular complexity index is 585. The van der Waals surface area contributed by atoms with Gasteiger partial charge in [-0.05, 0) is 42.7 Å². The van der Waals surface area contributed by atoms with Crippen LogP contribution in [0.25, 0.3) is 0 Å². The molecule has 0 radical (unpaired) electrons. The van der Waals surface area contributed by atoms with Crippen molar-refractivity contribution in [1.82, 2.24) is 10.3 Å².